The Balaban J connectivity index is 1.40. The minimum atomic E-state index is -0.108. The van der Waals surface area contributed by atoms with Crippen LogP contribution in [0.3, 0.4) is 0 Å². The van der Waals surface area contributed by atoms with E-state index in [2.05, 4.69) is 31.8 Å². The van der Waals surface area contributed by atoms with Gasteiger partial charge in [0.25, 0.3) is 5.91 Å². The number of piperidine rings is 1. The van der Waals surface area contributed by atoms with Crippen molar-refractivity contribution in [3.8, 4) is 0 Å². The van der Waals surface area contributed by atoms with E-state index in [-0.39, 0.29) is 11.9 Å². The average Bonchev–Trinajstić information content (AvgIpc) is 3.07. The summed E-state index contributed by atoms with van der Waals surface area (Å²) in [4.78, 5) is 22.6. The van der Waals surface area contributed by atoms with Crippen LogP contribution in [0.4, 0.5) is 0 Å². The van der Waals surface area contributed by atoms with Crippen molar-refractivity contribution in [1.29, 1.82) is 0 Å². The summed E-state index contributed by atoms with van der Waals surface area (Å²) in [6.07, 6.45) is 7.51. The smallest absolute Gasteiger partial charge is 0.254 e. The van der Waals surface area contributed by atoms with Crippen LogP contribution >= 0.6 is 0 Å². The second kappa shape index (κ2) is 8.14. The van der Waals surface area contributed by atoms with Gasteiger partial charge >= 0.3 is 0 Å². The molecule has 0 aliphatic carbocycles. The monoisotopic (exact) mass is 370 g/mol. The highest BCUT2D eigenvalue weighted by molar-refractivity contribution is 5.93. The molecule has 2 aromatic heterocycles. The third-order valence-electron chi connectivity index (χ3n) is 5.32. The van der Waals surface area contributed by atoms with Crippen LogP contribution in [0.5, 0.6) is 0 Å². The predicted molar refractivity (Wildman–Crippen MR) is 99.1 cm³/mol. The van der Waals surface area contributed by atoms with Crippen molar-refractivity contribution in [1.82, 2.24) is 30.0 Å². The van der Waals surface area contributed by atoms with Crippen molar-refractivity contribution in [2.75, 3.05) is 19.7 Å². The van der Waals surface area contributed by atoms with E-state index in [1.165, 1.54) is 17.6 Å². The third kappa shape index (κ3) is 4.01. The molecule has 1 N–H and O–H groups in total. The van der Waals surface area contributed by atoms with E-state index < -0.39 is 0 Å². The van der Waals surface area contributed by atoms with Gasteiger partial charge in [0.15, 0.2) is 0 Å². The number of rotatable bonds is 5. The predicted octanol–water partition coefficient (Wildman–Crippen LogP) is 1.16. The molecule has 1 amide bonds. The standard InChI is InChI=1S/C19H26N6O2/c1-2-25-18-5-7-27-12-16(18)17(23-25)11-24-6-3-4-15(10-24)22-19(26)14-8-20-13-21-9-14/h8-9,13,15H,2-7,10-12H2,1H3,(H,22,26). The number of carbonyl (C=O) groups is 1. The van der Waals surface area contributed by atoms with Gasteiger partial charge < -0.3 is 10.1 Å². The fourth-order valence-corrected chi connectivity index (χ4v) is 3.98. The van der Waals surface area contributed by atoms with E-state index in [0.717, 1.165) is 57.7 Å². The summed E-state index contributed by atoms with van der Waals surface area (Å²) in [6.45, 7) is 7.11. The number of aromatic nitrogens is 4. The van der Waals surface area contributed by atoms with Gasteiger partial charge in [-0.15, -0.1) is 0 Å². The van der Waals surface area contributed by atoms with Crippen molar-refractivity contribution in [3.63, 3.8) is 0 Å². The first-order chi connectivity index (χ1) is 13.2. The fraction of sp³-hybridized carbons (Fsp3) is 0.579. The molecule has 1 saturated heterocycles. The highest BCUT2D eigenvalue weighted by Gasteiger charge is 2.26. The number of nitrogens with zero attached hydrogens (tertiary/aromatic N) is 5. The molecule has 8 nitrogen and oxygen atoms in total. The Morgan fingerprint density at radius 1 is 1.37 bits per heavy atom. The molecule has 1 unspecified atom stereocenters. The van der Waals surface area contributed by atoms with Crippen molar-refractivity contribution in [2.24, 2.45) is 0 Å². The minimum Gasteiger partial charge on any atom is -0.376 e. The minimum absolute atomic E-state index is 0.108. The van der Waals surface area contributed by atoms with Crippen molar-refractivity contribution < 1.29 is 9.53 Å². The molecule has 8 heteroatoms. The number of carbonyl (C=O) groups excluding carboxylic acids is 1. The molecular formula is C19H26N6O2. The molecule has 0 aromatic carbocycles. The molecule has 0 bridgehead atoms. The maximum Gasteiger partial charge on any atom is 0.254 e. The quantitative estimate of drug-likeness (QED) is 0.850. The van der Waals surface area contributed by atoms with Gasteiger partial charge in [-0.2, -0.15) is 5.10 Å². The van der Waals surface area contributed by atoms with E-state index in [1.54, 1.807) is 12.4 Å². The van der Waals surface area contributed by atoms with Gasteiger partial charge in [0, 0.05) is 55.7 Å². The summed E-state index contributed by atoms with van der Waals surface area (Å²) in [5.41, 5.74) is 4.21. The van der Waals surface area contributed by atoms with Gasteiger partial charge in [0.05, 0.1) is 24.5 Å². The maximum atomic E-state index is 12.4. The summed E-state index contributed by atoms with van der Waals surface area (Å²) in [6, 6.07) is 0.131. The molecule has 27 heavy (non-hydrogen) atoms. The second-order valence-electron chi connectivity index (χ2n) is 7.17. The highest BCUT2D eigenvalue weighted by Crippen LogP contribution is 2.23. The van der Waals surface area contributed by atoms with Crippen LogP contribution in [0, 0.1) is 0 Å². The number of hydrogen-bond donors (Lipinski definition) is 1. The summed E-state index contributed by atoms with van der Waals surface area (Å²) >= 11 is 0. The number of fused-ring (bicyclic) bond motifs is 1. The van der Waals surface area contributed by atoms with Gasteiger partial charge in [-0.1, -0.05) is 0 Å². The molecule has 0 radical (unpaired) electrons. The van der Waals surface area contributed by atoms with E-state index in [4.69, 9.17) is 9.84 Å². The first-order valence-electron chi connectivity index (χ1n) is 9.68. The van der Waals surface area contributed by atoms with Crippen molar-refractivity contribution >= 4 is 5.91 Å². The van der Waals surface area contributed by atoms with Crippen molar-refractivity contribution in [3.05, 3.63) is 41.2 Å². The SMILES string of the molecule is CCn1nc(CN2CCCC(NC(=O)c3cncnc3)C2)c2c1CCOC2. The Labute approximate surface area is 158 Å². The van der Waals surface area contributed by atoms with E-state index in [1.807, 2.05) is 0 Å². The van der Waals surface area contributed by atoms with E-state index in [9.17, 15) is 4.79 Å². The van der Waals surface area contributed by atoms with Crippen molar-refractivity contribution in [2.45, 2.75) is 51.9 Å². The zero-order chi connectivity index (χ0) is 18.6. The molecule has 1 atom stereocenters. The first-order valence-corrected chi connectivity index (χ1v) is 9.68. The normalized spacial score (nSPS) is 20.3. The van der Waals surface area contributed by atoms with Gasteiger partial charge in [0.2, 0.25) is 0 Å². The lowest BCUT2D eigenvalue weighted by Crippen LogP contribution is -2.47. The second-order valence-corrected chi connectivity index (χ2v) is 7.17. The summed E-state index contributed by atoms with van der Waals surface area (Å²) in [5, 5.41) is 7.95. The van der Waals surface area contributed by atoms with Gasteiger partial charge in [-0.05, 0) is 26.3 Å². The number of likely N-dealkylation sites (tertiary alicyclic amines) is 1. The Morgan fingerprint density at radius 3 is 3.04 bits per heavy atom. The molecule has 2 aromatic rings. The first kappa shape index (κ1) is 18.1. The van der Waals surface area contributed by atoms with Gasteiger partial charge in [-0.3, -0.25) is 14.4 Å². The lowest BCUT2D eigenvalue weighted by molar-refractivity contribution is 0.0897. The Morgan fingerprint density at radius 2 is 2.22 bits per heavy atom. The highest BCUT2D eigenvalue weighted by atomic mass is 16.5. The van der Waals surface area contributed by atoms with Crippen LogP contribution in [0.15, 0.2) is 18.7 Å². The number of aryl methyl sites for hydroxylation is 1. The Bertz CT molecular complexity index is 791. The molecule has 0 saturated carbocycles. The lowest BCUT2D eigenvalue weighted by Gasteiger charge is -2.33. The Hall–Kier alpha value is -2.32. The zero-order valence-electron chi connectivity index (χ0n) is 15.7. The van der Waals surface area contributed by atoms with Gasteiger partial charge in [-0.25, -0.2) is 9.97 Å². The number of nitrogens with one attached hydrogen (secondary N) is 1. The summed E-state index contributed by atoms with van der Waals surface area (Å²) < 4.78 is 7.78. The summed E-state index contributed by atoms with van der Waals surface area (Å²) in [7, 11) is 0. The topological polar surface area (TPSA) is 85.2 Å². The number of hydrogen-bond acceptors (Lipinski definition) is 6. The number of amides is 1. The molecule has 1 fully saturated rings. The lowest BCUT2D eigenvalue weighted by atomic mass is 10.0. The largest absolute Gasteiger partial charge is 0.376 e. The van der Waals surface area contributed by atoms with Crippen LogP contribution in [0.1, 0.15) is 47.1 Å². The maximum absolute atomic E-state index is 12.4. The van der Waals surface area contributed by atoms with Crippen LogP contribution in [-0.2, 0) is 30.9 Å². The van der Waals surface area contributed by atoms with E-state index >= 15 is 0 Å². The molecular weight excluding hydrogens is 344 g/mol. The van der Waals surface area contributed by atoms with Crippen LogP contribution in [-0.4, -0.2) is 56.3 Å². The average molecular weight is 370 g/mol. The van der Waals surface area contributed by atoms with Crippen LogP contribution < -0.4 is 5.32 Å². The molecule has 0 spiro atoms. The zero-order valence-corrected chi connectivity index (χ0v) is 15.7. The van der Waals surface area contributed by atoms with Gasteiger partial charge in [0.1, 0.15) is 6.33 Å². The van der Waals surface area contributed by atoms with Crippen LogP contribution in [0.2, 0.25) is 0 Å². The molecule has 144 valence electrons. The number of ether oxygens (including phenoxy) is 1. The molecule has 4 heterocycles. The molecule has 4 rings (SSSR count). The third-order valence-corrected chi connectivity index (χ3v) is 5.32. The fourth-order valence-electron chi connectivity index (χ4n) is 3.98. The molecule has 2 aliphatic heterocycles. The van der Waals surface area contributed by atoms with E-state index in [0.29, 0.717) is 12.2 Å². The van der Waals surface area contributed by atoms with Crippen LogP contribution in [0.25, 0.3) is 0 Å². The Kier molecular flexibility index (Phi) is 5.45. The molecule has 2 aliphatic rings. The summed E-state index contributed by atoms with van der Waals surface area (Å²) in [5.74, 6) is -0.108.